The highest BCUT2D eigenvalue weighted by molar-refractivity contribution is 5.91. The number of carbonyl (C=O) groups is 1. The molecule has 1 spiro atoms. The van der Waals surface area contributed by atoms with Gasteiger partial charge >= 0.3 is 0 Å². The zero-order chi connectivity index (χ0) is 22.0. The number of hydrogen-bond acceptors (Lipinski definition) is 3. The van der Waals surface area contributed by atoms with Crippen LogP contribution in [0.4, 0.5) is 4.39 Å². The molecule has 0 radical (unpaired) electrons. The molecule has 0 aromatic heterocycles. The lowest BCUT2D eigenvalue weighted by molar-refractivity contribution is -0.149. The maximum Gasteiger partial charge on any atom is 0.233 e. The van der Waals surface area contributed by atoms with E-state index >= 15 is 0 Å². The predicted octanol–water partition coefficient (Wildman–Crippen LogP) is 5.11. The molecule has 170 valence electrons. The average molecular weight is 438 g/mol. The molecule has 2 saturated heterocycles. The Morgan fingerprint density at radius 1 is 1.03 bits per heavy atom. The fourth-order valence-corrected chi connectivity index (χ4v) is 5.53. The van der Waals surface area contributed by atoms with Gasteiger partial charge < -0.3 is 14.4 Å². The van der Waals surface area contributed by atoms with Crippen LogP contribution in [0.3, 0.4) is 0 Å². The highest BCUT2D eigenvalue weighted by atomic mass is 19.1. The van der Waals surface area contributed by atoms with Gasteiger partial charge in [0.1, 0.15) is 11.6 Å². The van der Waals surface area contributed by atoms with E-state index in [9.17, 15) is 9.18 Å². The Morgan fingerprint density at radius 2 is 1.75 bits per heavy atom. The number of rotatable bonds is 6. The normalized spacial score (nSPS) is 23.7. The van der Waals surface area contributed by atoms with Crippen molar-refractivity contribution in [3.8, 4) is 5.75 Å². The summed E-state index contributed by atoms with van der Waals surface area (Å²) >= 11 is 0. The lowest BCUT2D eigenvalue weighted by atomic mass is 9.78. The van der Waals surface area contributed by atoms with Gasteiger partial charge in [-0.2, -0.15) is 0 Å². The van der Waals surface area contributed by atoms with E-state index in [-0.39, 0.29) is 16.8 Å². The third-order valence-electron chi connectivity index (χ3n) is 7.65. The van der Waals surface area contributed by atoms with Crippen molar-refractivity contribution in [2.45, 2.75) is 56.0 Å². The molecule has 1 atom stereocenters. The van der Waals surface area contributed by atoms with Crippen LogP contribution in [0, 0.1) is 11.7 Å². The maximum absolute atomic E-state index is 13.4. The molecule has 32 heavy (non-hydrogen) atoms. The molecule has 5 rings (SSSR count). The van der Waals surface area contributed by atoms with Crippen molar-refractivity contribution < 1.29 is 18.7 Å². The molecule has 1 amide bonds. The average Bonchev–Trinajstić information content (AvgIpc) is 3.64. The number of amides is 1. The highest BCUT2D eigenvalue weighted by Crippen LogP contribution is 2.50. The number of nitrogens with zero attached hydrogens (tertiary/aromatic N) is 1. The largest absolute Gasteiger partial charge is 0.494 e. The Bertz CT molecular complexity index is 918. The summed E-state index contributed by atoms with van der Waals surface area (Å²) in [4.78, 5) is 15.4. The molecule has 1 unspecified atom stereocenters. The molecule has 1 saturated carbocycles. The molecular weight excluding hydrogens is 405 g/mol. The molecular formula is C27H32FNO3. The summed E-state index contributed by atoms with van der Waals surface area (Å²) in [6.07, 6.45) is 6.81. The van der Waals surface area contributed by atoms with E-state index in [1.54, 1.807) is 12.1 Å². The Labute approximate surface area is 189 Å². The first kappa shape index (κ1) is 21.4. The summed E-state index contributed by atoms with van der Waals surface area (Å²) in [5.74, 6) is 1.33. The van der Waals surface area contributed by atoms with Crippen molar-refractivity contribution in [2.24, 2.45) is 5.92 Å². The van der Waals surface area contributed by atoms with Gasteiger partial charge in [-0.05, 0) is 80.7 Å². The van der Waals surface area contributed by atoms with Crippen molar-refractivity contribution in [3.63, 3.8) is 0 Å². The Morgan fingerprint density at radius 3 is 2.44 bits per heavy atom. The Kier molecular flexibility index (Phi) is 5.93. The van der Waals surface area contributed by atoms with E-state index in [0.717, 1.165) is 64.6 Å². The van der Waals surface area contributed by atoms with Crippen molar-refractivity contribution >= 4 is 5.91 Å². The summed E-state index contributed by atoms with van der Waals surface area (Å²) in [7, 11) is 0. The van der Waals surface area contributed by atoms with Crippen molar-refractivity contribution in [2.75, 3.05) is 26.3 Å². The number of ether oxygens (including phenoxy) is 2. The minimum Gasteiger partial charge on any atom is -0.494 e. The van der Waals surface area contributed by atoms with E-state index in [1.807, 2.05) is 18.2 Å². The summed E-state index contributed by atoms with van der Waals surface area (Å²) < 4.78 is 25.2. The van der Waals surface area contributed by atoms with Gasteiger partial charge in [0.2, 0.25) is 5.91 Å². The van der Waals surface area contributed by atoms with Crippen LogP contribution in [0.25, 0.3) is 0 Å². The number of carbonyl (C=O) groups excluding carboxylic acids is 1. The Hall–Kier alpha value is -2.40. The van der Waals surface area contributed by atoms with Crippen LogP contribution in [-0.2, 0) is 14.9 Å². The lowest BCUT2D eigenvalue weighted by Crippen LogP contribution is -2.52. The molecule has 3 fully saturated rings. The molecule has 2 aromatic rings. The second-order valence-electron chi connectivity index (χ2n) is 9.72. The van der Waals surface area contributed by atoms with E-state index in [0.29, 0.717) is 24.2 Å². The van der Waals surface area contributed by atoms with Crippen LogP contribution < -0.4 is 4.74 Å². The van der Waals surface area contributed by atoms with Crippen molar-refractivity contribution in [3.05, 3.63) is 66.0 Å². The van der Waals surface area contributed by atoms with Gasteiger partial charge in [-0.15, -0.1) is 0 Å². The number of benzene rings is 2. The monoisotopic (exact) mass is 437 g/mol. The van der Waals surface area contributed by atoms with Crippen molar-refractivity contribution in [1.82, 2.24) is 4.90 Å². The van der Waals surface area contributed by atoms with Gasteiger partial charge in [-0.3, -0.25) is 4.79 Å². The first-order chi connectivity index (χ1) is 15.6. The van der Waals surface area contributed by atoms with E-state index in [1.165, 1.54) is 17.7 Å². The van der Waals surface area contributed by atoms with Gasteiger partial charge in [0.25, 0.3) is 0 Å². The minimum absolute atomic E-state index is 0.0982. The van der Waals surface area contributed by atoms with Gasteiger partial charge in [-0.25, -0.2) is 4.39 Å². The van der Waals surface area contributed by atoms with Gasteiger partial charge in [-0.1, -0.05) is 30.3 Å². The molecule has 0 bridgehead atoms. The molecule has 1 aliphatic carbocycles. The number of likely N-dealkylation sites (tertiary alicyclic amines) is 1. The molecule has 2 aliphatic heterocycles. The van der Waals surface area contributed by atoms with Crippen molar-refractivity contribution in [1.29, 1.82) is 0 Å². The van der Waals surface area contributed by atoms with E-state index in [2.05, 4.69) is 17.0 Å². The number of halogens is 1. The molecule has 5 heteroatoms. The molecule has 3 aliphatic rings. The third-order valence-corrected chi connectivity index (χ3v) is 7.65. The molecule has 4 nitrogen and oxygen atoms in total. The fourth-order valence-electron chi connectivity index (χ4n) is 5.53. The first-order valence-corrected chi connectivity index (χ1v) is 12.0. The fraction of sp³-hybridized carbons (Fsp3) is 0.519. The standard InChI is InChI=1S/C27H32FNO3/c28-23-6-8-24(9-7-23)31-18-10-21-11-19-32-26(20-21)14-16-29(17-15-26)25(30)27(12-13-27)22-4-2-1-3-5-22/h1-9,21H,10-20H2. The molecule has 0 N–H and O–H groups in total. The summed E-state index contributed by atoms with van der Waals surface area (Å²) in [6, 6.07) is 16.5. The zero-order valence-corrected chi connectivity index (χ0v) is 18.6. The second-order valence-corrected chi connectivity index (χ2v) is 9.72. The molecule has 2 heterocycles. The van der Waals surface area contributed by atoms with Crippen LogP contribution in [-0.4, -0.2) is 42.7 Å². The van der Waals surface area contributed by atoms with Gasteiger partial charge in [0.05, 0.1) is 17.6 Å². The van der Waals surface area contributed by atoms with Crippen LogP contribution in [0.5, 0.6) is 5.75 Å². The van der Waals surface area contributed by atoms with E-state index in [4.69, 9.17) is 9.47 Å². The number of hydrogen-bond donors (Lipinski definition) is 0. The summed E-state index contributed by atoms with van der Waals surface area (Å²) in [6.45, 7) is 2.98. The summed E-state index contributed by atoms with van der Waals surface area (Å²) in [5.41, 5.74) is 0.791. The second kappa shape index (κ2) is 8.86. The predicted molar refractivity (Wildman–Crippen MR) is 121 cm³/mol. The quantitative estimate of drug-likeness (QED) is 0.630. The first-order valence-electron chi connectivity index (χ1n) is 12.0. The van der Waals surface area contributed by atoms with Crippen LogP contribution in [0.15, 0.2) is 54.6 Å². The summed E-state index contributed by atoms with van der Waals surface area (Å²) in [5, 5.41) is 0. The number of piperidine rings is 1. The molecule has 2 aromatic carbocycles. The minimum atomic E-state index is -0.278. The van der Waals surface area contributed by atoms with Crippen LogP contribution >= 0.6 is 0 Å². The van der Waals surface area contributed by atoms with Crippen LogP contribution in [0.1, 0.15) is 50.5 Å². The zero-order valence-electron chi connectivity index (χ0n) is 18.6. The third kappa shape index (κ3) is 4.40. The Balaban J connectivity index is 1.13. The SMILES string of the molecule is O=C(N1CCC2(CC1)CC(CCOc1ccc(F)cc1)CCO2)C1(c2ccccc2)CC1. The topological polar surface area (TPSA) is 38.8 Å². The smallest absolute Gasteiger partial charge is 0.233 e. The van der Waals surface area contributed by atoms with Gasteiger partial charge in [0, 0.05) is 19.7 Å². The van der Waals surface area contributed by atoms with Crippen LogP contribution in [0.2, 0.25) is 0 Å². The van der Waals surface area contributed by atoms with Gasteiger partial charge in [0.15, 0.2) is 0 Å². The lowest BCUT2D eigenvalue weighted by Gasteiger charge is -2.46. The van der Waals surface area contributed by atoms with E-state index < -0.39 is 0 Å². The maximum atomic E-state index is 13.4. The highest BCUT2D eigenvalue weighted by Gasteiger charge is 2.54.